The maximum absolute atomic E-state index is 12.2. The van der Waals surface area contributed by atoms with Crippen molar-refractivity contribution in [3.8, 4) is 0 Å². The van der Waals surface area contributed by atoms with E-state index in [2.05, 4.69) is 10.6 Å². The van der Waals surface area contributed by atoms with Gasteiger partial charge in [0, 0.05) is 18.7 Å². The summed E-state index contributed by atoms with van der Waals surface area (Å²) in [6.45, 7) is 6.19. The van der Waals surface area contributed by atoms with Crippen LogP contribution in [-0.4, -0.2) is 51.1 Å². The number of hydrogen-bond donors (Lipinski definition) is 4. The smallest absolute Gasteiger partial charge is 0.341 e. The van der Waals surface area contributed by atoms with Crippen molar-refractivity contribution in [2.24, 2.45) is 0 Å². The van der Waals surface area contributed by atoms with E-state index >= 15 is 0 Å². The van der Waals surface area contributed by atoms with E-state index < -0.39 is 5.97 Å². The lowest BCUT2D eigenvalue weighted by molar-refractivity contribution is -0.885. The fraction of sp³-hybridized carbons (Fsp3) is 0.562. The first-order valence-corrected chi connectivity index (χ1v) is 8.93. The molecule has 1 heterocycles. The number of esters is 1. The van der Waals surface area contributed by atoms with Gasteiger partial charge in [0.05, 0.1) is 13.7 Å². The molecule has 1 rings (SSSR count). The number of thiophene rings is 1. The number of carbonyl (C=O) groups excluding carboxylic acids is 3. The average Bonchev–Trinajstić information content (AvgIpc) is 2.81. The largest absolute Gasteiger partial charge is 0.462 e. The van der Waals surface area contributed by atoms with Crippen molar-refractivity contribution in [3.05, 3.63) is 16.0 Å². The highest BCUT2D eigenvalue weighted by Crippen LogP contribution is 2.31. The molecule has 1 aromatic heterocycles. The van der Waals surface area contributed by atoms with Gasteiger partial charge < -0.3 is 26.0 Å². The van der Waals surface area contributed by atoms with Crippen molar-refractivity contribution in [1.29, 1.82) is 0 Å². The second-order valence-corrected chi connectivity index (χ2v) is 7.03. The summed E-state index contributed by atoms with van der Waals surface area (Å²) >= 11 is 1.05. The molecule has 0 fully saturated rings. The molecule has 0 saturated heterocycles. The van der Waals surface area contributed by atoms with E-state index in [-0.39, 0.29) is 41.6 Å². The van der Waals surface area contributed by atoms with Crippen molar-refractivity contribution in [2.45, 2.75) is 33.4 Å². The Kier molecular flexibility index (Phi) is 7.85. The molecule has 9 heteroatoms. The molecule has 0 saturated carbocycles. The number of likely N-dealkylation sites (N-methyl/N-ethyl adjacent to an activating group) is 1. The number of anilines is 1. The van der Waals surface area contributed by atoms with E-state index in [9.17, 15) is 14.4 Å². The fourth-order valence-corrected chi connectivity index (χ4v) is 3.41. The van der Waals surface area contributed by atoms with Crippen LogP contribution >= 0.6 is 11.3 Å². The Balaban J connectivity index is 3.11. The minimum absolute atomic E-state index is 0.0496. The van der Waals surface area contributed by atoms with E-state index in [4.69, 9.17) is 10.5 Å². The van der Waals surface area contributed by atoms with Gasteiger partial charge in [-0.1, -0.05) is 0 Å². The predicted octanol–water partition coefficient (Wildman–Crippen LogP) is -0.594. The highest BCUT2D eigenvalue weighted by Gasteiger charge is 2.29. The van der Waals surface area contributed by atoms with Gasteiger partial charge in [-0.15, -0.1) is 11.3 Å². The molecule has 0 aliphatic rings. The summed E-state index contributed by atoms with van der Waals surface area (Å²) in [5.41, 5.74) is 6.68. The zero-order valence-electron chi connectivity index (χ0n) is 15.3. The fourth-order valence-electron chi connectivity index (χ4n) is 2.39. The average molecular weight is 371 g/mol. The standard InChI is InChI=1S/C16H26N4O4S/c1-6-24-16(23)12-10(13(15(22)18-4)25-14(12)17)7-20(5)8-11(21)19-9(2)3/h9H,6-8,17H2,1-5H3,(H,18,22)(H,19,21)/p+1. The van der Waals surface area contributed by atoms with E-state index in [0.29, 0.717) is 17.0 Å². The maximum atomic E-state index is 12.2. The van der Waals surface area contributed by atoms with Gasteiger partial charge in [-0.25, -0.2) is 4.79 Å². The van der Waals surface area contributed by atoms with Crippen LogP contribution in [0.5, 0.6) is 0 Å². The normalized spacial score (nSPS) is 11.9. The minimum atomic E-state index is -0.555. The van der Waals surface area contributed by atoms with Gasteiger partial charge in [-0.2, -0.15) is 0 Å². The van der Waals surface area contributed by atoms with E-state index in [1.807, 2.05) is 20.9 Å². The summed E-state index contributed by atoms with van der Waals surface area (Å²) in [6, 6.07) is 0.0496. The van der Waals surface area contributed by atoms with Gasteiger partial charge in [0.15, 0.2) is 6.54 Å². The summed E-state index contributed by atoms with van der Waals surface area (Å²) < 4.78 is 5.06. The molecule has 2 amide bonds. The van der Waals surface area contributed by atoms with Gasteiger partial charge in [0.25, 0.3) is 11.8 Å². The number of ether oxygens (including phenoxy) is 1. The number of nitrogen functional groups attached to an aromatic ring is 1. The third-order valence-corrected chi connectivity index (χ3v) is 4.40. The number of amides is 2. The topological polar surface area (TPSA) is 115 Å². The lowest BCUT2D eigenvalue weighted by Crippen LogP contribution is -3.09. The van der Waals surface area contributed by atoms with Gasteiger partial charge in [0.2, 0.25) is 0 Å². The van der Waals surface area contributed by atoms with Crippen LogP contribution in [0, 0.1) is 0 Å². The highest BCUT2D eigenvalue weighted by atomic mass is 32.1. The van der Waals surface area contributed by atoms with E-state index in [1.165, 1.54) is 7.05 Å². The number of nitrogens with one attached hydrogen (secondary N) is 3. The first-order valence-electron chi connectivity index (χ1n) is 8.12. The number of hydrogen-bond acceptors (Lipinski definition) is 6. The summed E-state index contributed by atoms with van der Waals surface area (Å²) in [5.74, 6) is -0.975. The molecule has 0 aliphatic carbocycles. The van der Waals surface area contributed by atoms with E-state index in [1.54, 1.807) is 6.92 Å². The first kappa shape index (κ1) is 20.9. The van der Waals surface area contributed by atoms with Crippen molar-refractivity contribution >= 4 is 34.1 Å². The van der Waals surface area contributed by atoms with Gasteiger partial charge in [-0.3, -0.25) is 9.59 Å². The summed E-state index contributed by atoms with van der Waals surface area (Å²) in [5, 5.41) is 5.61. The number of rotatable bonds is 8. The Morgan fingerprint density at radius 3 is 2.48 bits per heavy atom. The molecule has 0 aliphatic heterocycles. The zero-order chi connectivity index (χ0) is 19.1. The molecule has 0 aromatic carbocycles. The Morgan fingerprint density at radius 1 is 1.32 bits per heavy atom. The Morgan fingerprint density at radius 2 is 1.96 bits per heavy atom. The van der Waals surface area contributed by atoms with Gasteiger partial charge in [-0.05, 0) is 20.8 Å². The molecule has 0 spiro atoms. The van der Waals surface area contributed by atoms with Crippen LogP contribution in [0.15, 0.2) is 0 Å². The quantitative estimate of drug-likeness (QED) is 0.456. The van der Waals surface area contributed by atoms with Crippen molar-refractivity contribution in [1.82, 2.24) is 10.6 Å². The third-order valence-electron chi connectivity index (χ3n) is 3.34. The van der Waals surface area contributed by atoms with Crippen molar-refractivity contribution in [3.63, 3.8) is 0 Å². The molecule has 140 valence electrons. The lowest BCUT2D eigenvalue weighted by atomic mass is 10.1. The summed E-state index contributed by atoms with van der Waals surface area (Å²) in [6.07, 6.45) is 0. The third kappa shape index (κ3) is 5.71. The van der Waals surface area contributed by atoms with Crippen LogP contribution in [0.1, 0.15) is 46.4 Å². The molecular formula is C16H27N4O4S+. The maximum Gasteiger partial charge on any atom is 0.341 e. The Hall–Kier alpha value is -2.13. The summed E-state index contributed by atoms with van der Waals surface area (Å²) in [7, 11) is 3.33. The Labute approximate surface area is 151 Å². The number of carbonyl (C=O) groups is 3. The summed E-state index contributed by atoms with van der Waals surface area (Å²) in [4.78, 5) is 37.5. The van der Waals surface area contributed by atoms with Crippen LogP contribution in [0.4, 0.5) is 5.00 Å². The highest BCUT2D eigenvalue weighted by molar-refractivity contribution is 7.18. The van der Waals surface area contributed by atoms with Gasteiger partial charge in [0.1, 0.15) is 22.0 Å². The molecule has 1 unspecified atom stereocenters. The van der Waals surface area contributed by atoms with E-state index in [0.717, 1.165) is 16.2 Å². The number of nitrogens with two attached hydrogens (primary N) is 1. The molecule has 0 bridgehead atoms. The monoisotopic (exact) mass is 371 g/mol. The van der Waals surface area contributed by atoms with Crippen molar-refractivity contribution < 1.29 is 24.0 Å². The lowest BCUT2D eigenvalue weighted by Gasteiger charge is -2.16. The van der Waals surface area contributed by atoms with Gasteiger partial charge >= 0.3 is 5.97 Å². The molecule has 25 heavy (non-hydrogen) atoms. The Bertz CT molecular complexity index is 642. The predicted molar refractivity (Wildman–Crippen MR) is 96.8 cm³/mol. The zero-order valence-corrected chi connectivity index (χ0v) is 16.1. The van der Waals surface area contributed by atoms with Crippen LogP contribution in [-0.2, 0) is 16.1 Å². The molecule has 1 atom stereocenters. The van der Waals surface area contributed by atoms with Crippen LogP contribution in [0.3, 0.4) is 0 Å². The minimum Gasteiger partial charge on any atom is -0.462 e. The second kappa shape index (κ2) is 9.38. The molecule has 1 aromatic rings. The second-order valence-electron chi connectivity index (χ2n) is 5.98. The van der Waals surface area contributed by atoms with Crippen LogP contribution < -0.4 is 21.3 Å². The molecular weight excluding hydrogens is 344 g/mol. The van der Waals surface area contributed by atoms with Crippen LogP contribution in [0.25, 0.3) is 0 Å². The molecule has 5 N–H and O–H groups in total. The van der Waals surface area contributed by atoms with Crippen LogP contribution in [0.2, 0.25) is 0 Å². The number of quaternary nitrogens is 1. The SMILES string of the molecule is CCOC(=O)c1c(N)sc(C(=O)NC)c1C[NH+](C)CC(=O)NC(C)C. The first-order chi connectivity index (χ1) is 11.7. The molecule has 0 radical (unpaired) electrons. The van der Waals surface area contributed by atoms with Crippen molar-refractivity contribution in [2.75, 3.05) is 33.0 Å². The molecule has 8 nitrogen and oxygen atoms in total.